The molecule has 0 N–H and O–H groups in total. The van der Waals surface area contributed by atoms with Gasteiger partial charge in [0.1, 0.15) is 0 Å². The second-order valence-electron chi connectivity index (χ2n) is 9.68. The van der Waals surface area contributed by atoms with E-state index in [-0.39, 0.29) is 0 Å². The molecule has 184 valence electrons. The molecule has 0 radical (unpaired) electrons. The Bertz CT molecular complexity index is 1550. The Morgan fingerprint density at radius 2 is 1.18 bits per heavy atom. The fraction of sp³-hybridized carbons (Fsp3) is 0.0811. The molecule has 0 fully saturated rings. The van der Waals surface area contributed by atoms with E-state index in [2.05, 4.69) is 157 Å². The van der Waals surface area contributed by atoms with Crippen LogP contribution >= 0.6 is 0 Å². The lowest BCUT2D eigenvalue weighted by Gasteiger charge is -2.27. The number of allylic oxidation sites excluding steroid dienone is 10. The molecule has 0 saturated heterocycles. The van der Waals surface area contributed by atoms with Crippen LogP contribution in [0.5, 0.6) is 0 Å². The molecular formula is C37H31N. The number of hydrogen-bond donors (Lipinski definition) is 0. The second-order valence-corrected chi connectivity index (χ2v) is 9.68. The van der Waals surface area contributed by atoms with Crippen LogP contribution in [0, 0.1) is 0 Å². The Labute approximate surface area is 226 Å². The fourth-order valence-corrected chi connectivity index (χ4v) is 5.13. The van der Waals surface area contributed by atoms with Crippen LogP contribution in [0.1, 0.15) is 30.4 Å². The summed E-state index contributed by atoms with van der Waals surface area (Å²) in [5.74, 6) is 0. The first kappa shape index (κ1) is 23.8. The van der Waals surface area contributed by atoms with Crippen LogP contribution in [0.3, 0.4) is 0 Å². The Hall–Kier alpha value is -4.62. The average molecular weight is 490 g/mol. The summed E-state index contributed by atoms with van der Waals surface area (Å²) in [6.45, 7) is 0. The van der Waals surface area contributed by atoms with Gasteiger partial charge in [0.05, 0.1) is 0 Å². The van der Waals surface area contributed by atoms with Crippen molar-refractivity contribution in [2.45, 2.75) is 19.3 Å². The summed E-state index contributed by atoms with van der Waals surface area (Å²) in [5, 5.41) is 0. The van der Waals surface area contributed by atoms with Crippen molar-refractivity contribution in [2.75, 3.05) is 4.90 Å². The zero-order chi connectivity index (χ0) is 25.6. The lowest BCUT2D eigenvalue weighted by Crippen LogP contribution is -2.10. The first-order valence-electron chi connectivity index (χ1n) is 13.4. The molecule has 2 aliphatic carbocycles. The molecule has 0 aromatic heterocycles. The van der Waals surface area contributed by atoms with Crippen molar-refractivity contribution in [3.8, 4) is 11.1 Å². The third kappa shape index (κ3) is 5.23. The summed E-state index contributed by atoms with van der Waals surface area (Å²) in [6.07, 6.45) is 21.0. The van der Waals surface area contributed by atoms with Crippen LogP contribution in [0.15, 0.2) is 152 Å². The quantitative estimate of drug-likeness (QED) is 0.260. The molecule has 1 heteroatoms. The van der Waals surface area contributed by atoms with E-state index in [0.29, 0.717) is 0 Å². The molecule has 0 saturated carbocycles. The van der Waals surface area contributed by atoms with Gasteiger partial charge in [-0.3, -0.25) is 0 Å². The first-order chi connectivity index (χ1) is 18.8. The minimum atomic E-state index is 0.978. The van der Waals surface area contributed by atoms with E-state index < -0.39 is 0 Å². The summed E-state index contributed by atoms with van der Waals surface area (Å²) < 4.78 is 0. The lowest BCUT2D eigenvalue weighted by molar-refractivity contribution is 1.04. The van der Waals surface area contributed by atoms with E-state index in [1.807, 2.05) is 0 Å². The van der Waals surface area contributed by atoms with E-state index in [9.17, 15) is 0 Å². The van der Waals surface area contributed by atoms with Gasteiger partial charge in [0, 0.05) is 17.1 Å². The van der Waals surface area contributed by atoms with Gasteiger partial charge in [-0.2, -0.15) is 0 Å². The van der Waals surface area contributed by atoms with E-state index >= 15 is 0 Å². The number of hydrogen-bond acceptors (Lipinski definition) is 1. The minimum Gasteiger partial charge on any atom is -0.310 e. The summed E-state index contributed by atoms with van der Waals surface area (Å²) in [6, 6.07) is 37.3. The Kier molecular flexibility index (Phi) is 7.00. The molecule has 0 unspecified atom stereocenters. The van der Waals surface area contributed by atoms with E-state index in [1.54, 1.807) is 0 Å². The largest absolute Gasteiger partial charge is 0.310 e. The SMILES string of the molecule is C1=CCC=CC(c2ccc(N(c3ccccc3)c3cc(C4=CCCC=C4)cc(-c4ccccc4)c3)cc2)=C1. The first-order valence-corrected chi connectivity index (χ1v) is 13.4. The van der Waals surface area contributed by atoms with E-state index in [4.69, 9.17) is 0 Å². The van der Waals surface area contributed by atoms with Crippen LogP contribution in [0.25, 0.3) is 22.3 Å². The van der Waals surface area contributed by atoms with Crippen molar-refractivity contribution in [1.29, 1.82) is 0 Å². The molecule has 4 aromatic rings. The molecule has 0 amide bonds. The molecule has 6 rings (SSSR count). The standard InChI is InChI=1S/C37H31N/c1-2-7-15-29(14-6-1)32-22-24-36(25-23-32)38(35-20-12-5-13-21-35)37-27-33(30-16-8-3-9-17-30)26-34(28-37)31-18-10-4-11-19-31/h1,3,5-10,12-28H,2,4,11H2. The zero-order valence-electron chi connectivity index (χ0n) is 21.5. The highest BCUT2D eigenvalue weighted by Crippen LogP contribution is 2.39. The maximum Gasteiger partial charge on any atom is 0.0473 e. The third-order valence-electron chi connectivity index (χ3n) is 7.07. The lowest BCUT2D eigenvalue weighted by atomic mass is 9.94. The van der Waals surface area contributed by atoms with Gasteiger partial charge in [-0.15, -0.1) is 0 Å². The van der Waals surface area contributed by atoms with Crippen molar-refractivity contribution >= 4 is 28.2 Å². The van der Waals surface area contributed by atoms with Crippen molar-refractivity contribution < 1.29 is 0 Å². The summed E-state index contributed by atoms with van der Waals surface area (Å²) in [4.78, 5) is 2.37. The minimum absolute atomic E-state index is 0.978. The average Bonchev–Trinajstić information content (AvgIpc) is 3.29. The topological polar surface area (TPSA) is 3.24 Å². The number of benzene rings is 4. The van der Waals surface area contributed by atoms with Gasteiger partial charge in [-0.05, 0) is 95.1 Å². The molecule has 0 aliphatic heterocycles. The van der Waals surface area contributed by atoms with Gasteiger partial charge in [-0.1, -0.05) is 109 Å². The van der Waals surface area contributed by atoms with Gasteiger partial charge in [0.2, 0.25) is 0 Å². The molecule has 0 atom stereocenters. The number of anilines is 3. The second kappa shape index (κ2) is 11.2. The van der Waals surface area contributed by atoms with Gasteiger partial charge in [-0.25, -0.2) is 0 Å². The van der Waals surface area contributed by atoms with Gasteiger partial charge in [0.15, 0.2) is 0 Å². The molecule has 2 aliphatic rings. The van der Waals surface area contributed by atoms with Crippen molar-refractivity contribution in [3.63, 3.8) is 0 Å². The number of nitrogens with zero attached hydrogens (tertiary/aromatic N) is 1. The normalized spacial score (nSPS) is 14.5. The van der Waals surface area contributed by atoms with Crippen LogP contribution in [0.2, 0.25) is 0 Å². The highest BCUT2D eigenvalue weighted by atomic mass is 15.1. The highest BCUT2D eigenvalue weighted by molar-refractivity contribution is 5.86. The highest BCUT2D eigenvalue weighted by Gasteiger charge is 2.16. The fourth-order valence-electron chi connectivity index (χ4n) is 5.13. The monoisotopic (exact) mass is 489 g/mol. The molecule has 0 bridgehead atoms. The Morgan fingerprint density at radius 3 is 1.95 bits per heavy atom. The van der Waals surface area contributed by atoms with Gasteiger partial charge < -0.3 is 4.90 Å². The van der Waals surface area contributed by atoms with Crippen LogP contribution in [-0.2, 0) is 0 Å². The van der Waals surface area contributed by atoms with Crippen molar-refractivity contribution in [2.24, 2.45) is 0 Å². The smallest absolute Gasteiger partial charge is 0.0473 e. The van der Waals surface area contributed by atoms with E-state index in [1.165, 1.54) is 33.4 Å². The molecule has 0 heterocycles. The number of rotatable bonds is 6. The van der Waals surface area contributed by atoms with Crippen LogP contribution in [0.4, 0.5) is 17.1 Å². The van der Waals surface area contributed by atoms with Crippen LogP contribution < -0.4 is 4.90 Å². The zero-order valence-corrected chi connectivity index (χ0v) is 21.5. The maximum atomic E-state index is 2.37. The van der Waals surface area contributed by atoms with Crippen molar-refractivity contribution in [1.82, 2.24) is 0 Å². The molecule has 4 aromatic carbocycles. The third-order valence-corrected chi connectivity index (χ3v) is 7.07. The van der Waals surface area contributed by atoms with E-state index in [0.717, 1.165) is 36.3 Å². The maximum absolute atomic E-state index is 2.37. The van der Waals surface area contributed by atoms with Crippen LogP contribution in [-0.4, -0.2) is 0 Å². The molecule has 1 nitrogen and oxygen atoms in total. The predicted octanol–water partition coefficient (Wildman–Crippen LogP) is 10.5. The summed E-state index contributed by atoms with van der Waals surface area (Å²) in [7, 11) is 0. The van der Waals surface area contributed by atoms with Crippen molar-refractivity contribution in [3.05, 3.63) is 163 Å². The molecule has 0 spiro atoms. The summed E-state index contributed by atoms with van der Waals surface area (Å²) in [5.41, 5.74) is 10.9. The summed E-state index contributed by atoms with van der Waals surface area (Å²) >= 11 is 0. The Morgan fingerprint density at radius 1 is 0.474 bits per heavy atom. The number of para-hydroxylation sites is 1. The molecular weight excluding hydrogens is 458 g/mol. The van der Waals surface area contributed by atoms with Gasteiger partial charge in [0.25, 0.3) is 0 Å². The van der Waals surface area contributed by atoms with Gasteiger partial charge >= 0.3 is 0 Å². The molecule has 38 heavy (non-hydrogen) atoms. The predicted molar refractivity (Wildman–Crippen MR) is 164 cm³/mol. The Balaban J connectivity index is 1.49.